The molecule has 94 valence electrons. The Hall–Kier alpha value is -1.55. The zero-order chi connectivity index (χ0) is 12.8. The molecule has 0 heterocycles. The van der Waals surface area contributed by atoms with Crippen LogP contribution >= 0.6 is 0 Å². The molecule has 0 bridgehead atoms. The molecular formula is C13H20N2O2. The minimum Gasteiger partial charge on any atom is -0.480 e. The molecular weight excluding hydrogens is 216 g/mol. The van der Waals surface area contributed by atoms with Crippen molar-refractivity contribution >= 4 is 11.7 Å². The van der Waals surface area contributed by atoms with E-state index in [-0.39, 0.29) is 6.04 Å². The van der Waals surface area contributed by atoms with E-state index < -0.39 is 12.0 Å². The van der Waals surface area contributed by atoms with Crippen molar-refractivity contribution in [3.8, 4) is 0 Å². The lowest BCUT2D eigenvalue weighted by molar-refractivity contribution is -0.138. The standard InChI is InChI=1S/C13H20N2O2/c1-9-5-3-4-6-12(9)15-10(2)7-8-11(14)13(16)17/h3-6,10-11,15H,7-8,14H2,1-2H3,(H,16,17). The van der Waals surface area contributed by atoms with Crippen LogP contribution in [0.25, 0.3) is 0 Å². The molecule has 0 radical (unpaired) electrons. The number of hydrogen-bond acceptors (Lipinski definition) is 3. The van der Waals surface area contributed by atoms with Crippen LogP contribution in [0.2, 0.25) is 0 Å². The van der Waals surface area contributed by atoms with E-state index in [4.69, 9.17) is 10.8 Å². The topological polar surface area (TPSA) is 75.3 Å². The summed E-state index contributed by atoms with van der Waals surface area (Å²) in [5, 5.41) is 12.0. The highest BCUT2D eigenvalue weighted by Crippen LogP contribution is 2.15. The van der Waals surface area contributed by atoms with Crippen molar-refractivity contribution in [3.63, 3.8) is 0 Å². The monoisotopic (exact) mass is 236 g/mol. The van der Waals surface area contributed by atoms with E-state index in [9.17, 15) is 4.79 Å². The maximum absolute atomic E-state index is 10.6. The summed E-state index contributed by atoms with van der Waals surface area (Å²) in [5.74, 6) is -0.937. The van der Waals surface area contributed by atoms with Gasteiger partial charge in [-0.3, -0.25) is 4.79 Å². The van der Waals surface area contributed by atoms with Gasteiger partial charge in [-0.05, 0) is 38.3 Å². The molecule has 17 heavy (non-hydrogen) atoms. The molecule has 1 aromatic carbocycles. The highest BCUT2D eigenvalue weighted by molar-refractivity contribution is 5.72. The second-order valence-corrected chi connectivity index (χ2v) is 4.38. The maximum Gasteiger partial charge on any atom is 0.320 e. The van der Waals surface area contributed by atoms with Crippen LogP contribution in [-0.2, 0) is 4.79 Å². The number of hydrogen-bond donors (Lipinski definition) is 3. The predicted molar refractivity (Wildman–Crippen MR) is 69.1 cm³/mol. The van der Waals surface area contributed by atoms with E-state index >= 15 is 0 Å². The summed E-state index contributed by atoms with van der Waals surface area (Å²) >= 11 is 0. The Morgan fingerprint density at radius 1 is 1.41 bits per heavy atom. The third-order valence-corrected chi connectivity index (χ3v) is 2.77. The number of para-hydroxylation sites is 1. The van der Waals surface area contributed by atoms with Crippen LogP contribution in [0.1, 0.15) is 25.3 Å². The molecule has 0 aliphatic rings. The van der Waals surface area contributed by atoms with Crippen LogP contribution in [-0.4, -0.2) is 23.2 Å². The Morgan fingerprint density at radius 3 is 2.65 bits per heavy atom. The number of nitrogens with one attached hydrogen (secondary N) is 1. The van der Waals surface area contributed by atoms with E-state index in [0.717, 1.165) is 12.1 Å². The van der Waals surface area contributed by atoms with Gasteiger partial charge >= 0.3 is 5.97 Å². The summed E-state index contributed by atoms with van der Waals surface area (Å²) in [7, 11) is 0. The quantitative estimate of drug-likeness (QED) is 0.706. The molecule has 4 N–H and O–H groups in total. The van der Waals surface area contributed by atoms with Gasteiger partial charge in [0.25, 0.3) is 0 Å². The Morgan fingerprint density at radius 2 is 2.06 bits per heavy atom. The van der Waals surface area contributed by atoms with Gasteiger partial charge in [0.05, 0.1) is 0 Å². The number of rotatable bonds is 6. The van der Waals surface area contributed by atoms with Crippen molar-refractivity contribution in [3.05, 3.63) is 29.8 Å². The minimum absolute atomic E-state index is 0.210. The molecule has 1 rings (SSSR count). The molecule has 4 nitrogen and oxygen atoms in total. The smallest absolute Gasteiger partial charge is 0.320 e. The van der Waals surface area contributed by atoms with Crippen molar-refractivity contribution in [2.45, 2.75) is 38.8 Å². The van der Waals surface area contributed by atoms with Crippen LogP contribution in [0.5, 0.6) is 0 Å². The number of aryl methyl sites for hydroxylation is 1. The Balaban J connectivity index is 2.42. The fraction of sp³-hybridized carbons (Fsp3) is 0.462. The van der Waals surface area contributed by atoms with E-state index in [1.165, 1.54) is 5.56 Å². The second kappa shape index (κ2) is 6.25. The average molecular weight is 236 g/mol. The maximum atomic E-state index is 10.6. The van der Waals surface area contributed by atoms with Crippen LogP contribution in [0.4, 0.5) is 5.69 Å². The highest BCUT2D eigenvalue weighted by atomic mass is 16.4. The van der Waals surface area contributed by atoms with Gasteiger partial charge in [0.2, 0.25) is 0 Å². The van der Waals surface area contributed by atoms with E-state index in [2.05, 4.69) is 5.32 Å². The zero-order valence-corrected chi connectivity index (χ0v) is 10.3. The number of carboxylic acids is 1. The lowest BCUT2D eigenvalue weighted by Crippen LogP contribution is -2.31. The fourth-order valence-corrected chi connectivity index (χ4v) is 1.63. The summed E-state index contributed by atoms with van der Waals surface area (Å²) in [6.07, 6.45) is 1.22. The second-order valence-electron chi connectivity index (χ2n) is 4.38. The molecule has 0 saturated heterocycles. The summed E-state index contributed by atoms with van der Waals surface area (Å²) < 4.78 is 0. The number of nitrogens with two attached hydrogens (primary N) is 1. The lowest BCUT2D eigenvalue weighted by atomic mass is 10.1. The average Bonchev–Trinajstić information content (AvgIpc) is 2.29. The van der Waals surface area contributed by atoms with Gasteiger partial charge in [-0.15, -0.1) is 0 Å². The summed E-state index contributed by atoms with van der Waals surface area (Å²) in [4.78, 5) is 10.6. The normalized spacial score (nSPS) is 14.1. The Kier molecular flexibility index (Phi) is 4.97. The van der Waals surface area contributed by atoms with Crippen LogP contribution in [0.3, 0.4) is 0 Å². The third kappa shape index (κ3) is 4.44. The fourth-order valence-electron chi connectivity index (χ4n) is 1.63. The SMILES string of the molecule is Cc1ccccc1NC(C)CCC(N)C(=O)O. The van der Waals surface area contributed by atoms with Crippen molar-refractivity contribution in [1.82, 2.24) is 0 Å². The van der Waals surface area contributed by atoms with Gasteiger partial charge in [-0.25, -0.2) is 0 Å². The number of carbonyl (C=O) groups is 1. The van der Waals surface area contributed by atoms with Gasteiger partial charge in [0, 0.05) is 11.7 Å². The summed E-state index contributed by atoms with van der Waals surface area (Å²) in [6, 6.07) is 7.47. The number of carboxylic acid groups (broad SMARTS) is 1. The summed E-state index contributed by atoms with van der Waals surface area (Å²) in [5.41, 5.74) is 7.73. The van der Waals surface area contributed by atoms with Gasteiger partial charge in [-0.2, -0.15) is 0 Å². The van der Waals surface area contributed by atoms with Crippen molar-refractivity contribution in [2.75, 3.05) is 5.32 Å². The first kappa shape index (κ1) is 13.5. The van der Waals surface area contributed by atoms with Crippen LogP contribution in [0.15, 0.2) is 24.3 Å². The highest BCUT2D eigenvalue weighted by Gasteiger charge is 2.13. The number of anilines is 1. The first-order chi connectivity index (χ1) is 8.00. The molecule has 0 aromatic heterocycles. The van der Waals surface area contributed by atoms with Gasteiger partial charge in [0.1, 0.15) is 6.04 Å². The van der Waals surface area contributed by atoms with Gasteiger partial charge in [0.15, 0.2) is 0 Å². The number of benzene rings is 1. The molecule has 4 heteroatoms. The molecule has 0 aliphatic carbocycles. The Labute approximate surface area is 102 Å². The first-order valence-corrected chi connectivity index (χ1v) is 5.81. The van der Waals surface area contributed by atoms with Gasteiger partial charge < -0.3 is 16.2 Å². The van der Waals surface area contributed by atoms with E-state index in [1.54, 1.807) is 0 Å². The third-order valence-electron chi connectivity index (χ3n) is 2.77. The molecule has 2 atom stereocenters. The molecule has 0 spiro atoms. The van der Waals surface area contributed by atoms with Crippen molar-refractivity contribution in [1.29, 1.82) is 0 Å². The zero-order valence-electron chi connectivity index (χ0n) is 10.3. The van der Waals surface area contributed by atoms with E-state index in [0.29, 0.717) is 6.42 Å². The molecule has 1 aromatic rings. The Bertz CT molecular complexity index is 379. The lowest BCUT2D eigenvalue weighted by Gasteiger charge is -2.17. The van der Waals surface area contributed by atoms with Crippen molar-refractivity contribution in [2.24, 2.45) is 5.73 Å². The summed E-state index contributed by atoms with van der Waals surface area (Å²) in [6.45, 7) is 4.07. The molecule has 0 amide bonds. The first-order valence-electron chi connectivity index (χ1n) is 5.81. The molecule has 0 fully saturated rings. The number of aliphatic carboxylic acids is 1. The van der Waals surface area contributed by atoms with Gasteiger partial charge in [-0.1, -0.05) is 18.2 Å². The van der Waals surface area contributed by atoms with Crippen molar-refractivity contribution < 1.29 is 9.90 Å². The van der Waals surface area contributed by atoms with Crippen LogP contribution < -0.4 is 11.1 Å². The molecule has 2 unspecified atom stereocenters. The predicted octanol–water partition coefficient (Wildman–Crippen LogP) is 1.99. The molecule has 0 aliphatic heterocycles. The van der Waals surface area contributed by atoms with E-state index in [1.807, 2.05) is 38.1 Å². The minimum atomic E-state index is -0.937. The van der Waals surface area contributed by atoms with Crippen LogP contribution in [0, 0.1) is 6.92 Å². The largest absolute Gasteiger partial charge is 0.480 e. The molecule has 0 saturated carbocycles.